The highest BCUT2D eigenvalue weighted by Crippen LogP contribution is 2.07. The molecule has 92 valence electrons. The van der Waals surface area contributed by atoms with Crippen LogP contribution < -0.4 is 5.32 Å². The third-order valence-corrected chi connectivity index (χ3v) is 3.50. The number of hydrogen-bond donors (Lipinski definition) is 3. The molecule has 0 aromatic rings. The lowest BCUT2D eigenvalue weighted by Gasteiger charge is -2.29. The second-order valence-corrected chi connectivity index (χ2v) is 6.12. The summed E-state index contributed by atoms with van der Waals surface area (Å²) in [5.74, 6) is 0.122. The SMILES string of the molecule is CCC(CO)(CO)NCCCS(C)(=O)=O. The normalized spacial score (nSPS) is 13.1. The topological polar surface area (TPSA) is 86.6 Å². The van der Waals surface area contributed by atoms with Crippen molar-refractivity contribution in [3.8, 4) is 0 Å². The zero-order valence-electron chi connectivity index (χ0n) is 9.36. The van der Waals surface area contributed by atoms with Crippen molar-refractivity contribution in [2.45, 2.75) is 25.3 Å². The Bertz CT molecular complexity index is 251. The van der Waals surface area contributed by atoms with Crippen LogP contribution in [0.15, 0.2) is 0 Å². The molecule has 0 rings (SSSR count). The molecule has 0 spiro atoms. The molecule has 0 saturated heterocycles. The van der Waals surface area contributed by atoms with Crippen LogP contribution in [0.3, 0.4) is 0 Å². The van der Waals surface area contributed by atoms with Gasteiger partial charge < -0.3 is 15.5 Å². The zero-order valence-corrected chi connectivity index (χ0v) is 10.2. The van der Waals surface area contributed by atoms with E-state index in [0.29, 0.717) is 19.4 Å². The number of aliphatic hydroxyl groups is 2. The van der Waals surface area contributed by atoms with E-state index in [1.165, 1.54) is 6.26 Å². The fraction of sp³-hybridized carbons (Fsp3) is 1.00. The molecule has 0 aromatic heterocycles. The first-order chi connectivity index (χ1) is 6.89. The Hall–Kier alpha value is -0.170. The molecule has 0 aliphatic rings. The molecule has 0 saturated carbocycles. The zero-order chi connectivity index (χ0) is 11.9. The lowest BCUT2D eigenvalue weighted by molar-refractivity contribution is 0.0881. The van der Waals surface area contributed by atoms with Gasteiger partial charge in [0.05, 0.1) is 24.5 Å². The summed E-state index contributed by atoms with van der Waals surface area (Å²) in [5.41, 5.74) is -0.683. The van der Waals surface area contributed by atoms with Crippen molar-refractivity contribution in [1.82, 2.24) is 5.32 Å². The predicted molar refractivity (Wildman–Crippen MR) is 59.5 cm³/mol. The smallest absolute Gasteiger partial charge is 0.147 e. The summed E-state index contributed by atoms with van der Waals surface area (Å²) < 4.78 is 21.7. The van der Waals surface area contributed by atoms with Crippen molar-refractivity contribution < 1.29 is 18.6 Å². The highest BCUT2D eigenvalue weighted by Gasteiger charge is 2.25. The number of nitrogens with one attached hydrogen (secondary N) is 1. The number of sulfone groups is 1. The molecule has 0 amide bonds. The Kier molecular flexibility index (Phi) is 6.35. The van der Waals surface area contributed by atoms with Gasteiger partial charge in [-0.2, -0.15) is 0 Å². The standard InChI is InChI=1S/C9H21NO4S/c1-3-9(7-11,8-12)10-5-4-6-15(2,13)14/h10-12H,3-8H2,1-2H3. The van der Waals surface area contributed by atoms with Crippen molar-refractivity contribution in [3.05, 3.63) is 0 Å². The van der Waals surface area contributed by atoms with Gasteiger partial charge in [0.15, 0.2) is 0 Å². The third-order valence-electron chi connectivity index (χ3n) is 2.47. The quantitative estimate of drug-likeness (QED) is 0.480. The highest BCUT2D eigenvalue weighted by molar-refractivity contribution is 7.90. The van der Waals surface area contributed by atoms with Crippen LogP contribution in [0, 0.1) is 0 Å². The Morgan fingerprint density at radius 1 is 1.27 bits per heavy atom. The largest absolute Gasteiger partial charge is 0.394 e. The highest BCUT2D eigenvalue weighted by atomic mass is 32.2. The van der Waals surface area contributed by atoms with Gasteiger partial charge in [-0.15, -0.1) is 0 Å². The van der Waals surface area contributed by atoms with Crippen molar-refractivity contribution >= 4 is 9.84 Å². The van der Waals surface area contributed by atoms with Crippen LogP contribution >= 0.6 is 0 Å². The van der Waals surface area contributed by atoms with Gasteiger partial charge in [0, 0.05) is 6.26 Å². The predicted octanol–water partition coefficient (Wildman–Crippen LogP) is -0.856. The van der Waals surface area contributed by atoms with E-state index in [2.05, 4.69) is 5.32 Å². The molecule has 3 N–H and O–H groups in total. The minimum Gasteiger partial charge on any atom is -0.394 e. The monoisotopic (exact) mass is 239 g/mol. The van der Waals surface area contributed by atoms with E-state index in [9.17, 15) is 8.42 Å². The summed E-state index contributed by atoms with van der Waals surface area (Å²) in [6.45, 7) is 2.02. The van der Waals surface area contributed by atoms with Crippen molar-refractivity contribution in [1.29, 1.82) is 0 Å². The van der Waals surface area contributed by atoms with Crippen LogP contribution in [0.25, 0.3) is 0 Å². The minimum atomic E-state index is -2.93. The van der Waals surface area contributed by atoms with Gasteiger partial charge in [-0.05, 0) is 19.4 Å². The molecule has 0 atom stereocenters. The Morgan fingerprint density at radius 3 is 2.13 bits per heavy atom. The van der Waals surface area contributed by atoms with Gasteiger partial charge >= 0.3 is 0 Å². The minimum absolute atomic E-state index is 0.122. The first-order valence-corrected chi connectivity index (χ1v) is 7.09. The van der Waals surface area contributed by atoms with Crippen LogP contribution in [0.1, 0.15) is 19.8 Å². The van der Waals surface area contributed by atoms with Gasteiger partial charge in [-0.3, -0.25) is 0 Å². The number of rotatable bonds is 8. The molecule has 5 nitrogen and oxygen atoms in total. The van der Waals surface area contributed by atoms with Crippen molar-refractivity contribution in [2.75, 3.05) is 31.8 Å². The maximum Gasteiger partial charge on any atom is 0.147 e. The molecule has 0 aromatic carbocycles. The molecule has 0 fully saturated rings. The lowest BCUT2D eigenvalue weighted by atomic mass is 9.98. The van der Waals surface area contributed by atoms with Crippen LogP contribution in [0.5, 0.6) is 0 Å². The number of hydrogen-bond acceptors (Lipinski definition) is 5. The van der Waals surface area contributed by atoms with Gasteiger partial charge in [-0.1, -0.05) is 6.92 Å². The molecule has 0 unspecified atom stereocenters. The summed E-state index contributed by atoms with van der Waals surface area (Å²) in [4.78, 5) is 0. The van der Waals surface area contributed by atoms with E-state index in [-0.39, 0.29) is 19.0 Å². The van der Waals surface area contributed by atoms with Gasteiger partial charge in [0.2, 0.25) is 0 Å². The van der Waals surface area contributed by atoms with Crippen molar-refractivity contribution in [2.24, 2.45) is 0 Å². The third kappa shape index (κ3) is 6.09. The van der Waals surface area contributed by atoms with Crippen LogP contribution in [-0.2, 0) is 9.84 Å². The van der Waals surface area contributed by atoms with E-state index in [0.717, 1.165) is 0 Å². The summed E-state index contributed by atoms with van der Waals surface area (Å²) in [6.07, 6.45) is 2.28. The lowest BCUT2D eigenvalue weighted by Crippen LogP contribution is -2.51. The number of aliphatic hydroxyl groups excluding tert-OH is 2. The molecule has 6 heteroatoms. The molecule has 0 aliphatic carbocycles. The first kappa shape index (κ1) is 14.8. The van der Waals surface area contributed by atoms with Gasteiger partial charge in [0.1, 0.15) is 9.84 Å². The first-order valence-electron chi connectivity index (χ1n) is 5.03. The van der Waals surface area contributed by atoms with Crippen LogP contribution in [0.4, 0.5) is 0 Å². The average Bonchev–Trinajstić information content (AvgIpc) is 2.18. The van der Waals surface area contributed by atoms with E-state index in [4.69, 9.17) is 10.2 Å². The second-order valence-electron chi connectivity index (χ2n) is 3.86. The van der Waals surface area contributed by atoms with Gasteiger partial charge in [0.25, 0.3) is 0 Å². The fourth-order valence-electron chi connectivity index (χ4n) is 1.20. The molecule has 15 heavy (non-hydrogen) atoms. The van der Waals surface area contributed by atoms with E-state index >= 15 is 0 Å². The Morgan fingerprint density at radius 2 is 1.80 bits per heavy atom. The maximum absolute atomic E-state index is 10.8. The summed E-state index contributed by atoms with van der Waals surface area (Å²) in [6, 6.07) is 0. The summed E-state index contributed by atoms with van der Waals surface area (Å²) in [7, 11) is -2.93. The molecule has 0 aliphatic heterocycles. The van der Waals surface area contributed by atoms with E-state index in [1.54, 1.807) is 0 Å². The Balaban J connectivity index is 3.92. The van der Waals surface area contributed by atoms with Gasteiger partial charge in [-0.25, -0.2) is 8.42 Å². The maximum atomic E-state index is 10.8. The van der Waals surface area contributed by atoms with Crippen LogP contribution in [0.2, 0.25) is 0 Å². The Labute approximate surface area is 91.4 Å². The fourth-order valence-corrected chi connectivity index (χ4v) is 1.87. The average molecular weight is 239 g/mol. The second kappa shape index (κ2) is 6.42. The van der Waals surface area contributed by atoms with Crippen molar-refractivity contribution in [3.63, 3.8) is 0 Å². The summed E-state index contributed by atoms with van der Waals surface area (Å²) >= 11 is 0. The molecular formula is C9H21NO4S. The molecular weight excluding hydrogens is 218 g/mol. The van der Waals surface area contributed by atoms with E-state index < -0.39 is 15.4 Å². The summed E-state index contributed by atoms with van der Waals surface area (Å²) in [5, 5.41) is 21.2. The molecule has 0 heterocycles. The molecule has 0 radical (unpaired) electrons. The van der Waals surface area contributed by atoms with Crippen LogP contribution in [-0.4, -0.2) is 55.9 Å². The molecule has 0 bridgehead atoms. The van der Waals surface area contributed by atoms with E-state index in [1.807, 2.05) is 6.92 Å².